The Labute approximate surface area is 81.9 Å². The topological polar surface area (TPSA) is 26.0 Å². The quantitative estimate of drug-likeness (QED) is 0.862. The van der Waals surface area contributed by atoms with Gasteiger partial charge in [0.05, 0.1) is 6.04 Å². The Balaban J connectivity index is 3.01. The van der Waals surface area contributed by atoms with Gasteiger partial charge in [0.2, 0.25) is 0 Å². The Morgan fingerprint density at radius 3 is 2.38 bits per heavy atom. The summed E-state index contributed by atoms with van der Waals surface area (Å²) in [5, 5.41) is 0. The van der Waals surface area contributed by atoms with Crippen LogP contribution in [0.5, 0.6) is 0 Å². The highest BCUT2D eigenvalue weighted by Gasteiger charge is 2.20. The van der Waals surface area contributed by atoms with Crippen LogP contribution in [0.2, 0.25) is 0 Å². The highest BCUT2D eigenvalue weighted by atomic mass is 79.9. The molecule has 0 bridgehead atoms. The molecule has 0 heterocycles. The minimum Gasteiger partial charge on any atom is -0.319 e. The average molecular weight is 254 g/mol. The molecule has 1 aromatic carbocycles. The van der Waals surface area contributed by atoms with Crippen LogP contribution in [-0.2, 0) is 0 Å². The average Bonchev–Trinajstić information content (AvgIpc) is 2.03. The van der Waals surface area contributed by atoms with E-state index in [1.807, 2.05) is 0 Å². The summed E-state index contributed by atoms with van der Waals surface area (Å²) in [7, 11) is 0. The van der Waals surface area contributed by atoms with Gasteiger partial charge in [0.15, 0.2) is 0 Å². The monoisotopic (exact) mass is 253 g/mol. The molecule has 0 aliphatic heterocycles. The number of rotatable bonds is 2. The first kappa shape index (κ1) is 10.5. The standard InChI is InChI=1S/C8H7BrF3N/c9-4-1-2-5(6(10)3-4)7(13)8(11)12/h1-3,7-8H,13H2/t7-/m0/s1. The molecule has 0 aromatic heterocycles. The zero-order valence-corrected chi connectivity index (χ0v) is 8.06. The third kappa shape index (κ3) is 2.45. The minimum absolute atomic E-state index is 0.168. The highest BCUT2D eigenvalue weighted by molar-refractivity contribution is 9.10. The first-order valence-corrected chi connectivity index (χ1v) is 4.30. The van der Waals surface area contributed by atoms with Crippen LogP contribution in [0, 0.1) is 5.82 Å². The molecule has 0 aliphatic carbocycles. The summed E-state index contributed by atoms with van der Waals surface area (Å²) in [6.07, 6.45) is -2.75. The van der Waals surface area contributed by atoms with Crippen LogP contribution >= 0.6 is 15.9 Å². The molecule has 0 spiro atoms. The van der Waals surface area contributed by atoms with Crippen LogP contribution in [0.15, 0.2) is 22.7 Å². The Kier molecular flexibility index (Phi) is 3.33. The Morgan fingerprint density at radius 1 is 1.31 bits per heavy atom. The Morgan fingerprint density at radius 2 is 1.92 bits per heavy atom. The fourth-order valence-electron chi connectivity index (χ4n) is 0.908. The molecule has 72 valence electrons. The van der Waals surface area contributed by atoms with Crippen molar-refractivity contribution in [2.24, 2.45) is 5.73 Å². The van der Waals surface area contributed by atoms with Gasteiger partial charge in [-0.2, -0.15) is 0 Å². The van der Waals surface area contributed by atoms with Gasteiger partial charge in [0.25, 0.3) is 6.43 Å². The van der Waals surface area contributed by atoms with Crippen LogP contribution in [0.25, 0.3) is 0 Å². The van der Waals surface area contributed by atoms with Crippen LogP contribution in [0.3, 0.4) is 0 Å². The van der Waals surface area contributed by atoms with Crippen LogP contribution < -0.4 is 5.73 Å². The fourth-order valence-corrected chi connectivity index (χ4v) is 1.24. The van der Waals surface area contributed by atoms with E-state index in [9.17, 15) is 13.2 Å². The molecular formula is C8H7BrF3N. The third-order valence-corrected chi connectivity index (χ3v) is 2.09. The van der Waals surface area contributed by atoms with Crippen molar-refractivity contribution in [3.63, 3.8) is 0 Å². The zero-order chi connectivity index (χ0) is 10.0. The van der Waals surface area contributed by atoms with E-state index in [-0.39, 0.29) is 5.56 Å². The normalized spacial score (nSPS) is 13.4. The van der Waals surface area contributed by atoms with Gasteiger partial charge in [0.1, 0.15) is 5.82 Å². The summed E-state index contributed by atoms with van der Waals surface area (Å²) < 4.78 is 37.7. The lowest BCUT2D eigenvalue weighted by molar-refractivity contribution is 0.115. The van der Waals surface area contributed by atoms with Crippen molar-refractivity contribution in [1.82, 2.24) is 0 Å². The molecule has 1 atom stereocenters. The van der Waals surface area contributed by atoms with E-state index in [1.165, 1.54) is 12.1 Å². The maximum Gasteiger partial charge on any atom is 0.257 e. The first-order chi connectivity index (χ1) is 6.02. The summed E-state index contributed by atoms with van der Waals surface area (Å²) in [6, 6.07) is 2.27. The number of hydrogen-bond acceptors (Lipinski definition) is 1. The van der Waals surface area contributed by atoms with E-state index in [1.54, 1.807) is 0 Å². The van der Waals surface area contributed by atoms with Crippen LogP contribution in [-0.4, -0.2) is 6.43 Å². The SMILES string of the molecule is N[C@@H](c1ccc(Br)cc1F)C(F)F. The summed E-state index contributed by atoms with van der Waals surface area (Å²) in [6.45, 7) is 0. The van der Waals surface area contributed by atoms with Crippen molar-refractivity contribution in [2.45, 2.75) is 12.5 Å². The minimum atomic E-state index is -2.75. The van der Waals surface area contributed by atoms with Crippen molar-refractivity contribution in [3.8, 4) is 0 Å². The lowest BCUT2D eigenvalue weighted by atomic mass is 10.1. The summed E-state index contributed by atoms with van der Waals surface area (Å²) in [4.78, 5) is 0. The van der Waals surface area contributed by atoms with E-state index >= 15 is 0 Å². The van der Waals surface area contributed by atoms with Gasteiger partial charge in [-0.15, -0.1) is 0 Å². The lowest BCUT2D eigenvalue weighted by Gasteiger charge is -2.11. The van der Waals surface area contributed by atoms with Crippen molar-refractivity contribution in [2.75, 3.05) is 0 Å². The Bertz CT molecular complexity index is 303. The molecule has 5 heteroatoms. The predicted octanol–water partition coefficient (Wildman–Crippen LogP) is 2.85. The maximum absolute atomic E-state index is 13.0. The molecule has 0 saturated heterocycles. The second kappa shape index (κ2) is 4.11. The van der Waals surface area contributed by atoms with E-state index in [4.69, 9.17) is 5.73 Å². The number of halogens is 4. The summed E-state index contributed by atoms with van der Waals surface area (Å²) in [5.41, 5.74) is 4.92. The van der Waals surface area contributed by atoms with Gasteiger partial charge < -0.3 is 5.73 Å². The van der Waals surface area contributed by atoms with Crippen LogP contribution in [0.4, 0.5) is 13.2 Å². The van der Waals surface area contributed by atoms with Crippen molar-refractivity contribution < 1.29 is 13.2 Å². The van der Waals surface area contributed by atoms with Crippen molar-refractivity contribution >= 4 is 15.9 Å². The van der Waals surface area contributed by atoms with Gasteiger partial charge in [-0.3, -0.25) is 0 Å². The molecule has 0 aliphatic rings. The fraction of sp³-hybridized carbons (Fsp3) is 0.250. The van der Waals surface area contributed by atoms with Crippen molar-refractivity contribution in [1.29, 1.82) is 0 Å². The van der Waals surface area contributed by atoms with Gasteiger partial charge in [-0.25, -0.2) is 13.2 Å². The zero-order valence-electron chi connectivity index (χ0n) is 6.48. The molecule has 0 radical (unpaired) electrons. The number of alkyl halides is 2. The molecule has 1 nitrogen and oxygen atoms in total. The van der Waals surface area contributed by atoms with Gasteiger partial charge in [-0.1, -0.05) is 22.0 Å². The summed E-state index contributed by atoms with van der Waals surface area (Å²) in [5.74, 6) is -0.720. The molecule has 2 N–H and O–H groups in total. The van der Waals surface area contributed by atoms with Crippen LogP contribution in [0.1, 0.15) is 11.6 Å². The van der Waals surface area contributed by atoms with E-state index in [0.29, 0.717) is 4.47 Å². The lowest BCUT2D eigenvalue weighted by Crippen LogP contribution is -2.20. The molecule has 13 heavy (non-hydrogen) atoms. The largest absolute Gasteiger partial charge is 0.319 e. The molecule has 0 saturated carbocycles. The van der Waals surface area contributed by atoms with E-state index in [2.05, 4.69) is 15.9 Å². The third-order valence-electron chi connectivity index (χ3n) is 1.59. The summed E-state index contributed by atoms with van der Waals surface area (Å²) >= 11 is 3.01. The number of hydrogen-bond donors (Lipinski definition) is 1. The molecule has 0 fully saturated rings. The Hall–Kier alpha value is -0.550. The van der Waals surface area contributed by atoms with Crippen molar-refractivity contribution in [3.05, 3.63) is 34.1 Å². The maximum atomic E-state index is 13.0. The number of benzene rings is 1. The second-order valence-corrected chi connectivity index (χ2v) is 3.44. The molecular weight excluding hydrogens is 247 g/mol. The van der Waals surface area contributed by atoms with Gasteiger partial charge >= 0.3 is 0 Å². The highest BCUT2D eigenvalue weighted by Crippen LogP contribution is 2.23. The molecule has 1 rings (SSSR count). The smallest absolute Gasteiger partial charge is 0.257 e. The predicted molar refractivity (Wildman–Crippen MR) is 47.0 cm³/mol. The molecule has 0 amide bonds. The number of nitrogens with two attached hydrogens (primary N) is 1. The van der Waals surface area contributed by atoms with Gasteiger partial charge in [-0.05, 0) is 12.1 Å². The van der Waals surface area contributed by atoms with E-state index in [0.717, 1.165) is 6.07 Å². The molecule has 1 aromatic rings. The van der Waals surface area contributed by atoms with E-state index < -0.39 is 18.3 Å². The van der Waals surface area contributed by atoms with Gasteiger partial charge in [0, 0.05) is 10.0 Å². The molecule has 0 unspecified atom stereocenters. The first-order valence-electron chi connectivity index (χ1n) is 3.51. The second-order valence-electron chi connectivity index (χ2n) is 2.53.